The van der Waals surface area contributed by atoms with Crippen molar-refractivity contribution in [1.29, 1.82) is 0 Å². The van der Waals surface area contributed by atoms with Crippen LogP contribution in [0.4, 0.5) is 0 Å². The molecule has 0 aromatic rings. The third-order valence-electron chi connectivity index (χ3n) is 17.3. The standard InChI is InChI=1S/C83H148O17P2/c1-5-9-13-17-21-25-29-33-37-38-42-44-48-52-56-60-64-68-81(86)94-74-79(100-83(88)70-66-62-58-54-50-46-41-36-32-28-24-20-16-12-8-4)76-98-102(91,92)96-72-77(84)71-95-101(89,90)97-75-78(99-82(87)69-65-61-57-53-49-45-40-35-31-27-23-19-15-11-7-3)73-93-80(85)67-63-59-55-51-47-43-39-34-30-26-22-18-14-10-6-2/h21-22,25-26,33-34,36-37,39,41-42,44,52,56,77-79,84H,5-20,23-24,27-32,35,38,40,43,45-51,53-55,57-76H2,1-4H3,(H,89,90)(H,91,92)/b25-21-,26-22-,37-33-,39-34-,41-36-,44-42-,56-52-/t77-,78-,79-/m1/s1. The van der Waals surface area contributed by atoms with Crippen LogP contribution < -0.4 is 0 Å². The molecule has 0 radical (unpaired) electrons. The van der Waals surface area contributed by atoms with E-state index in [0.29, 0.717) is 32.1 Å². The predicted octanol–water partition coefficient (Wildman–Crippen LogP) is 23.8. The molecule has 2 unspecified atom stereocenters. The maximum atomic E-state index is 13.1. The number of phosphoric acid groups is 2. The first-order valence-electron chi connectivity index (χ1n) is 40.8. The summed E-state index contributed by atoms with van der Waals surface area (Å²) >= 11 is 0. The molecule has 0 saturated heterocycles. The van der Waals surface area contributed by atoms with E-state index in [4.69, 9.17) is 37.0 Å². The zero-order valence-corrected chi connectivity index (χ0v) is 66.6. The van der Waals surface area contributed by atoms with Gasteiger partial charge < -0.3 is 33.8 Å². The van der Waals surface area contributed by atoms with E-state index in [1.54, 1.807) is 0 Å². The van der Waals surface area contributed by atoms with Crippen molar-refractivity contribution in [3.63, 3.8) is 0 Å². The Morgan fingerprint density at radius 2 is 0.490 bits per heavy atom. The van der Waals surface area contributed by atoms with Crippen LogP contribution in [0.5, 0.6) is 0 Å². The summed E-state index contributed by atoms with van der Waals surface area (Å²) in [4.78, 5) is 73.0. The molecular weight excluding hydrogens is 1330 g/mol. The van der Waals surface area contributed by atoms with Gasteiger partial charge in [0.2, 0.25) is 0 Å². The molecule has 0 amide bonds. The molecule has 592 valence electrons. The number of carbonyl (C=O) groups excluding carboxylic acids is 4. The van der Waals surface area contributed by atoms with Crippen molar-refractivity contribution >= 4 is 39.5 Å². The Morgan fingerprint density at radius 3 is 0.804 bits per heavy atom. The molecule has 0 fully saturated rings. The Kier molecular flexibility index (Phi) is 72.7. The zero-order chi connectivity index (χ0) is 74.6. The van der Waals surface area contributed by atoms with Crippen molar-refractivity contribution in [1.82, 2.24) is 0 Å². The van der Waals surface area contributed by atoms with Gasteiger partial charge in [-0.1, -0.05) is 299 Å². The Hall–Kier alpha value is -3.76. The average Bonchev–Trinajstić information content (AvgIpc) is 0.923. The van der Waals surface area contributed by atoms with E-state index in [-0.39, 0.29) is 25.7 Å². The molecule has 0 aliphatic rings. The van der Waals surface area contributed by atoms with Crippen LogP contribution >= 0.6 is 15.6 Å². The van der Waals surface area contributed by atoms with Crippen molar-refractivity contribution in [3.8, 4) is 0 Å². The quantitative estimate of drug-likeness (QED) is 0.0169. The molecule has 0 bridgehead atoms. The van der Waals surface area contributed by atoms with Gasteiger partial charge >= 0.3 is 39.5 Å². The van der Waals surface area contributed by atoms with E-state index >= 15 is 0 Å². The van der Waals surface area contributed by atoms with Crippen molar-refractivity contribution in [2.24, 2.45) is 0 Å². The number of aliphatic hydroxyl groups is 1. The Bertz CT molecular complexity index is 2260. The molecule has 0 aliphatic heterocycles. The summed E-state index contributed by atoms with van der Waals surface area (Å²) in [6.45, 7) is 4.79. The normalized spacial score (nSPS) is 14.3. The van der Waals surface area contributed by atoms with E-state index in [2.05, 4.69) is 101 Å². The lowest BCUT2D eigenvalue weighted by Gasteiger charge is -2.21. The van der Waals surface area contributed by atoms with Gasteiger partial charge in [-0.2, -0.15) is 0 Å². The average molecular weight is 1480 g/mol. The number of esters is 4. The number of allylic oxidation sites excluding steroid dienone is 14. The number of hydrogen-bond acceptors (Lipinski definition) is 15. The van der Waals surface area contributed by atoms with E-state index in [9.17, 15) is 43.2 Å². The van der Waals surface area contributed by atoms with Crippen LogP contribution in [0.3, 0.4) is 0 Å². The maximum Gasteiger partial charge on any atom is 0.472 e. The van der Waals surface area contributed by atoms with Crippen LogP contribution in [0.2, 0.25) is 0 Å². The number of aliphatic hydroxyl groups excluding tert-OH is 1. The van der Waals surface area contributed by atoms with Gasteiger partial charge in [0.1, 0.15) is 19.3 Å². The second-order valence-electron chi connectivity index (χ2n) is 27.4. The lowest BCUT2D eigenvalue weighted by Crippen LogP contribution is -2.30. The minimum absolute atomic E-state index is 0.0750. The first-order valence-corrected chi connectivity index (χ1v) is 43.8. The number of phosphoric ester groups is 2. The largest absolute Gasteiger partial charge is 0.472 e. The third kappa shape index (κ3) is 74.5. The number of carbonyl (C=O) groups is 4. The molecule has 19 heteroatoms. The van der Waals surface area contributed by atoms with Gasteiger partial charge in [-0.3, -0.25) is 37.3 Å². The van der Waals surface area contributed by atoms with Crippen LogP contribution in [0, 0.1) is 0 Å². The van der Waals surface area contributed by atoms with Gasteiger partial charge in [-0.05, 0) is 122 Å². The van der Waals surface area contributed by atoms with Crippen molar-refractivity contribution < 1.29 is 80.2 Å². The maximum absolute atomic E-state index is 13.1. The van der Waals surface area contributed by atoms with Gasteiger partial charge in [-0.15, -0.1) is 0 Å². The van der Waals surface area contributed by atoms with E-state index < -0.39 is 97.5 Å². The highest BCUT2D eigenvalue weighted by Crippen LogP contribution is 2.45. The molecule has 0 aromatic heterocycles. The highest BCUT2D eigenvalue weighted by atomic mass is 31.2. The summed E-state index contributed by atoms with van der Waals surface area (Å²) in [6.07, 6.45) is 78.4. The summed E-state index contributed by atoms with van der Waals surface area (Å²) in [5.74, 6) is -2.24. The van der Waals surface area contributed by atoms with Crippen molar-refractivity contribution in [2.75, 3.05) is 39.6 Å². The number of ether oxygens (including phenoxy) is 4. The minimum atomic E-state index is -4.99. The highest BCUT2D eigenvalue weighted by molar-refractivity contribution is 7.47. The topological polar surface area (TPSA) is 237 Å². The summed E-state index contributed by atoms with van der Waals surface area (Å²) in [5.41, 5.74) is 0. The second kappa shape index (κ2) is 75.5. The number of rotatable bonds is 77. The summed E-state index contributed by atoms with van der Waals surface area (Å²) in [6, 6.07) is 0. The van der Waals surface area contributed by atoms with Gasteiger partial charge in [0, 0.05) is 25.7 Å². The van der Waals surface area contributed by atoms with Crippen LogP contribution in [0.15, 0.2) is 85.1 Å². The molecule has 0 aromatic carbocycles. The molecule has 0 spiro atoms. The smallest absolute Gasteiger partial charge is 0.462 e. The Morgan fingerprint density at radius 1 is 0.275 bits per heavy atom. The Labute approximate surface area is 621 Å². The first kappa shape index (κ1) is 98.2. The number of unbranched alkanes of at least 4 members (excludes halogenated alkanes) is 37. The molecule has 17 nitrogen and oxygen atoms in total. The molecule has 0 heterocycles. The molecule has 0 aliphatic carbocycles. The molecule has 0 saturated carbocycles. The Balaban J connectivity index is 5.40. The van der Waals surface area contributed by atoms with Gasteiger partial charge in [0.25, 0.3) is 0 Å². The van der Waals surface area contributed by atoms with Crippen LogP contribution in [0.25, 0.3) is 0 Å². The zero-order valence-electron chi connectivity index (χ0n) is 64.8. The van der Waals surface area contributed by atoms with Gasteiger partial charge in [0.15, 0.2) is 12.2 Å². The fourth-order valence-corrected chi connectivity index (χ4v) is 12.6. The fourth-order valence-electron chi connectivity index (χ4n) is 11.1. The lowest BCUT2D eigenvalue weighted by molar-refractivity contribution is -0.161. The molecule has 102 heavy (non-hydrogen) atoms. The van der Waals surface area contributed by atoms with Crippen LogP contribution in [-0.4, -0.2) is 96.7 Å². The van der Waals surface area contributed by atoms with Crippen molar-refractivity contribution in [3.05, 3.63) is 85.1 Å². The second-order valence-corrected chi connectivity index (χ2v) is 30.3. The highest BCUT2D eigenvalue weighted by Gasteiger charge is 2.30. The van der Waals surface area contributed by atoms with E-state index in [0.717, 1.165) is 135 Å². The first-order chi connectivity index (χ1) is 49.7. The third-order valence-corrected chi connectivity index (χ3v) is 19.2. The number of hydrogen-bond donors (Lipinski definition) is 3. The lowest BCUT2D eigenvalue weighted by atomic mass is 10.0. The minimum Gasteiger partial charge on any atom is -0.462 e. The predicted molar refractivity (Wildman–Crippen MR) is 418 cm³/mol. The summed E-state index contributed by atoms with van der Waals surface area (Å²) in [5, 5.41) is 10.6. The SMILES string of the molecule is CCCCC/C=C\C/C=C\C/C=C\C/C=C\CCCC(=O)OC[C@H](COP(=O)(O)OC[C@H](O)COP(=O)(O)OC[C@@H](COC(=O)CCCCCCC/C=C\C/C=C\CCCCC)OC(=O)CCCCCCCCCCCCCCCCC)OC(=O)CCCCCCC/C=C\CCCCCCCC. The molecule has 0 rings (SSSR count). The van der Waals surface area contributed by atoms with Crippen molar-refractivity contribution in [2.45, 2.75) is 380 Å². The van der Waals surface area contributed by atoms with Crippen LogP contribution in [-0.2, 0) is 65.4 Å². The summed E-state index contributed by atoms with van der Waals surface area (Å²) < 4.78 is 68.6. The van der Waals surface area contributed by atoms with E-state index in [1.807, 2.05) is 12.2 Å². The van der Waals surface area contributed by atoms with E-state index in [1.165, 1.54) is 141 Å². The fraction of sp³-hybridized carbons (Fsp3) is 0.783. The van der Waals surface area contributed by atoms with Gasteiger partial charge in [-0.25, -0.2) is 9.13 Å². The molecular formula is C83H148O17P2. The molecule has 5 atom stereocenters. The monoisotopic (exact) mass is 1480 g/mol. The van der Waals surface area contributed by atoms with Crippen LogP contribution in [0.1, 0.15) is 362 Å². The van der Waals surface area contributed by atoms with Gasteiger partial charge in [0.05, 0.1) is 26.4 Å². The molecule has 3 N–H and O–H groups in total. The summed E-state index contributed by atoms with van der Waals surface area (Å²) in [7, 11) is -9.97.